The van der Waals surface area contributed by atoms with Crippen molar-refractivity contribution in [1.29, 1.82) is 0 Å². The second kappa shape index (κ2) is 4.76. The van der Waals surface area contributed by atoms with Gasteiger partial charge in [-0.2, -0.15) is 0 Å². The Bertz CT molecular complexity index is 557. The highest BCUT2D eigenvalue weighted by Crippen LogP contribution is 2.17. The van der Waals surface area contributed by atoms with Gasteiger partial charge in [0.05, 0.1) is 6.20 Å². The molecule has 0 aromatic carbocycles. The van der Waals surface area contributed by atoms with E-state index in [-0.39, 0.29) is 5.91 Å². The average Bonchev–Trinajstić information content (AvgIpc) is 2.84. The zero-order valence-electron chi connectivity index (χ0n) is 10.2. The molecule has 5 nitrogen and oxygen atoms in total. The molecular formula is C13H16N4O. The van der Waals surface area contributed by atoms with Crippen LogP contribution >= 0.6 is 0 Å². The summed E-state index contributed by atoms with van der Waals surface area (Å²) in [5, 5.41) is 3.09. The van der Waals surface area contributed by atoms with Gasteiger partial charge in [0.2, 0.25) is 5.78 Å². The van der Waals surface area contributed by atoms with Crippen LogP contribution in [0.2, 0.25) is 0 Å². The fourth-order valence-corrected chi connectivity index (χ4v) is 2.50. The van der Waals surface area contributed by atoms with Crippen LogP contribution in [-0.2, 0) is 0 Å². The van der Waals surface area contributed by atoms with Crippen LogP contribution in [0.25, 0.3) is 5.78 Å². The lowest BCUT2D eigenvalue weighted by Gasteiger charge is -2.22. The van der Waals surface area contributed by atoms with E-state index in [1.807, 2.05) is 6.20 Å². The lowest BCUT2D eigenvalue weighted by atomic mass is 9.95. The summed E-state index contributed by atoms with van der Waals surface area (Å²) in [6.45, 7) is 0. The molecule has 1 saturated carbocycles. The molecule has 0 spiro atoms. The molecule has 2 heterocycles. The Kier molecular flexibility index (Phi) is 2.96. The molecule has 5 heteroatoms. The summed E-state index contributed by atoms with van der Waals surface area (Å²) in [6, 6.07) is 2.11. The smallest absolute Gasteiger partial charge is 0.270 e. The van der Waals surface area contributed by atoms with Crippen molar-refractivity contribution in [3.05, 3.63) is 30.4 Å². The minimum atomic E-state index is -0.0533. The second-order valence-corrected chi connectivity index (χ2v) is 4.74. The van der Waals surface area contributed by atoms with Crippen molar-refractivity contribution in [2.75, 3.05) is 0 Å². The van der Waals surface area contributed by atoms with Gasteiger partial charge >= 0.3 is 0 Å². The third-order valence-electron chi connectivity index (χ3n) is 3.46. The number of nitrogens with zero attached hydrogens (tertiary/aromatic N) is 3. The maximum atomic E-state index is 12.2. The molecule has 0 aliphatic heterocycles. The Morgan fingerprint density at radius 2 is 2.11 bits per heavy atom. The van der Waals surface area contributed by atoms with E-state index in [2.05, 4.69) is 15.3 Å². The van der Waals surface area contributed by atoms with Gasteiger partial charge in [0.15, 0.2) is 0 Å². The zero-order valence-corrected chi connectivity index (χ0v) is 10.2. The molecular weight excluding hydrogens is 228 g/mol. The molecule has 3 rings (SSSR count). The molecule has 2 aromatic heterocycles. The molecule has 0 bridgehead atoms. The summed E-state index contributed by atoms with van der Waals surface area (Å²) >= 11 is 0. The van der Waals surface area contributed by atoms with E-state index in [1.165, 1.54) is 19.3 Å². The summed E-state index contributed by atoms with van der Waals surface area (Å²) in [5.41, 5.74) is 0.559. The van der Waals surface area contributed by atoms with Crippen molar-refractivity contribution in [2.45, 2.75) is 38.1 Å². The first-order chi connectivity index (χ1) is 8.84. The fourth-order valence-electron chi connectivity index (χ4n) is 2.50. The molecule has 2 aromatic rings. The molecule has 94 valence electrons. The van der Waals surface area contributed by atoms with Crippen LogP contribution < -0.4 is 5.32 Å². The standard InChI is InChI=1S/C13H16N4O/c18-12(16-10-5-2-1-3-6-10)11-9-15-13-14-7-4-8-17(11)13/h4,7-10H,1-3,5-6H2,(H,16,18). The number of hydrogen-bond acceptors (Lipinski definition) is 3. The normalized spacial score (nSPS) is 16.9. The number of carbonyl (C=O) groups excluding carboxylic acids is 1. The summed E-state index contributed by atoms with van der Waals surface area (Å²) in [7, 11) is 0. The zero-order chi connectivity index (χ0) is 12.4. The third-order valence-corrected chi connectivity index (χ3v) is 3.46. The molecule has 0 saturated heterocycles. The van der Waals surface area contributed by atoms with E-state index in [9.17, 15) is 4.79 Å². The van der Waals surface area contributed by atoms with E-state index >= 15 is 0 Å². The molecule has 1 aliphatic carbocycles. The number of hydrogen-bond donors (Lipinski definition) is 1. The number of nitrogens with one attached hydrogen (secondary N) is 1. The van der Waals surface area contributed by atoms with Crippen LogP contribution in [0.15, 0.2) is 24.7 Å². The van der Waals surface area contributed by atoms with Crippen molar-refractivity contribution in [3.8, 4) is 0 Å². The topological polar surface area (TPSA) is 59.3 Å². The molecule has 1 amide bonds. The van der Waals surface area contributed by atoms with Crippen LogP contribution in [0.4, 0.5) is 0 Å². The first-order valence-electron chi connectivity index (χ1n) is 6.43. The van der Waals surface area contributed by atoms with Crippen LogP contribution in [-0.4, -0.2) is 26.3 Å². The van der Waals surface area contributed by atoms with E-state index < -0.39 is 0 Å². The lowest BCUT2D eigenvalue weighted by Crippen LogP contribution is -2.36. The quantitative estimate of drug-likeness (QED) is 0.876. The van der Waals surface area contributed by atoms with Crippen LogP contribution in [0, 0.1) is 0 Å². The van der Waals surface area contributed by atoms with Crippen LogP contribution in [0.3, 0.4) is 0 Å². The van der Waals surface area contributed by atoms with Gasteiger partial charge in [-0.15, -0.1) is 0 Å². The summed E-state index contributed by atoms with van der Waals surface area (Å²) in [5.74, 6) is 0.508. The minimum absolute atomic E-state index is 0.0533. The molecule has 0 radical (unpaired) electrons. The van der Waals surface area contributed by atoms with Gasteiger partial charge in [-0.1, -0.05) is 19.3 Å². The highest BCUT2D eigenvalue weighted by Gasteiger charge is 2.18. The van der Waals surface area contributed by atoms with Gasteiger partial charge in [-0.25, -0.2) is 9.97 Å². The van der Waals surface area contributed by atoms with Crippen molar-refractivity contribution < 1.29 is 4.79 Å². The molecule has 1 N–H and O–H groups in total. The SMILES string of the molecule is O=C(NC1CCCCC1)c1cnc2ncccn12. The van der Waals surface area contributed by atoms with Gasteiger partial charge < -0.3 is 5.32 Å². The van der Waals surface area contributed by atoms with Gasteiger partial charge in [-0.05, 0) is 18.9 Å². The van der Waals surface area contributed by atoms with E-state index in [1.54, 1.807) is 22.9 Å². The minimum Gasteiger partial charge on any atom is -0.348 e. The largest absolute Gasteiger partial charge is 0.348 e. The van der Waals surface area contributed by atoms with Crippen LogP contribution in [0.5, 0.6) is 0 Å². The average molecular weight is 244 g/mol. The maximum absolute atomic E-state index is 12.2. The first-order valence-corrected chi connectivity index (χ1v) is 6.43. The van der Waals surface area contributed by atoms with E-state index in [4.69, 9.17) is 0 Å². The predicted molar refractivity (Wildman–Crippen MR) is 67.3 cm³/mol. The molecule has 1 aliphatic rings. The lowest BCUT2D eigenvalue weighted by molar-refractivity contribution is 0.0921. The number of imidazole rings is 1. The molecule has 18 heavy (non-hydrogen) atoms. The number of rotatable bonds is 2. The number of aromatic nitrogens is 3. The summed E-state index contributed by atoms with van der Waals surface area (Å²) in [6.07, 6.45) is 10.9. The second-order valence-electron chi connectivity index (χ2n) is 4.74. The number of amides is 1. The van der Waals surface area contributed by atoms with Gasteiger partial charge in [0.25, 0.3) is 5.91 Å². The Morgan fingerprint density at radius 1 is 1.28 bits per heavy atom. The van der Waals surface area contributed by atoms with E-state index in [0.717, 1.165) is 12.8 Å². The van der Waals surface area contributed by atoms with Crippen molar-refractivity contribution in [2.24, 2.45) is 0 Å². The predicted octanol–water partition coefficient (Wildman–Crippen LogP) is 1.79. The van der Waals surface area contributed by atoms with Crippen molar-refractivity contribution in [1.82, 2.24) is 19.7 Å². The molecule has 0 unspecified atom stereocenters. The monoisotopic (exact) mass is 244 g/mol. The summed E-state index contributed by atoms with van der Waals surface area (Å²) in [4.78, 5) is 20.4. The Morgan fingerprint density at radius 3 is 2.94 bits per heavy atom. The highest BCUT2D eigenvalue weighted by atomic mass is 16.2. The third kappa shape index (κ3) is 2.08. The maximum Gasteiger partial charge on any atom is 0.270 e. The first kappa shape index (κ1) is 11.2. The Labute approximate surface area is 105 Å². The Balaban J connectivity index is 1.79. The highest BCUT2D eigenvalue weighted by molar-refractivity contribution is 5.93. The van der Waals surface area contributed by atoms with Gasteiger partial charge in [-0.3, -0.25) is 9.20 Å². The Hall–Kier alpha value is -1.91. The van der Waals surface area contributed by atoms with Crippen molar-refractivity contribution >= 4 is 11.7 Å². The molecule has 0 atom stereocenters. The van der Waals surface area contributed by atoms with Gasteiger partial charge in [0, 0.05) is 18.4 Å². The summed E-state index contributed by atoms with van der Waals surface area (Å²) < 4.78 is 1.72. The fraction of sp³-hybridized carbons (Fsp3) is 0.462. The van der Waals surface area contributed by atoms with E-state index in [0.29, 0.717) is 17.5 Å². The molecule has 1 fully saturated rings. The van der Waals surface area contributed by atoms with Gasteiger partial charge in [0.1, 0.15) is 5.69 Å². The van der Waals surface area contributed by atoms with Crippen molar-refractivity contribution in [3.63, 3.8) is 0 Å². The number of fused-ring (bicyclic) bond motifs is 1. The number of carbonyl (C=O) groups is 1. The van der Waals surface area contributed by atoms with Crippen LogP contribution in [0.1, 0.15) is 42.6 Å².